The first kappa shape index (κ1) is 14.1. The molecule has 0 spiro atoms. The first-order valence-electron chi connectivity index (χ1n) is 5.23. The third kappa shape index (κ3) is 3.54. The second-order valence-corrected chi connectivity index (χ2v) is 3.84. The number of ether oxygens (including phenoxy) is 1. The number of aromatic nitrogens is 1. The Morgan fingerprint density at radius 1 is 1.50 bits per heavy atom. The van der Waals surface area contributed by atoms with Crippen molar-refractivity contribution >= 4 is 5.96 Å². The van der Waals surface area contributed by atoms with E-state index in [9.17, 15) is 8.78 Å². The molecule has 7 heteroatoms. The Balaban J connectivity index is 2.88. The van der Waals surface area contributed by atoms with Crippen LogP contribution in [-0.4, -0.2) is 43.6 Å². The molecular weight excluding hydrogens is 242 g/mol. The van der Waals surface area contributed by atoms with Gasteiger partial charge in [0, 0.05) is 20.2 Å². The fraction of sp³-hybridized carbons (Fsp3) is 0.455. The van der Waals surface area contributed by atoms with Crippen LogP contribution in [0.5, 0.6) is 5.88 Å². The highest BCUT2D eigenvalue weighted by molar-refractivity contribution is 5.77. The summed E-state index contributed by atoms with van der Waals surface area (Å²) < 4.78 is 32.4. The van der Waals surface area contributed by atoms with E-state index in [0.717, 1.165) is 0 Å². The van der Waals surface area contributed by atoms with Gasteiger partial charge in [0.2, 0.25) is 5.88 Å². The maximum absolute atomic E-state index is 13.8. The van der Waals surface area contributed by atoms with Crippen LogP contribution in [0.15, 0.2) is 23.2 Å². The Kier molecular flexibility index (Phi) is 4.41. The van der Waals surface area contributed by atoms with Gasteiger partial charge in [0.25, 0.3) is 0 Å². The second kappa shape index (κ2) is 5.61. The Morgan fingerprint density at radius 2 is 2.17 bits per heavy atom. The molecule has 1 aromatic rings. The zero-order chi connectivity index (χ0) is 13.8. The van der Waals surface area contributed by atoms with E-state index in [4.69, 9.17) is 10.5 Å². The normalized spacial score (nSPS) is 12.4. The minimum Gasteiger partial charge on any atom is -0.481 e. The van der Waals surface area contributed by atoms with Gasteiger partial charge in [-0.3, -0.25) is 0 Å². The van der Waals surface area contributed by atoms with Crippen LogP contribution in [0.25, 0.3) is 0 Å². The van der Waals surface area contributed by atoms with Gasteiger partial charge in [-0.05, 0) is 6.07 Å². The predicted molar refractivity (Wildman–Crippen MR) is 64.9 cm³/mol. The monoisotopic (exact) mass is 258 g/mol. The number of hydrogen-bond donors (Lipinski definition) is 1. The highest BCUT2D eigenvalue weighted by atomic mass is 19.3. The molecule has 1 heterocycles. The van der Waals surface area contributed by atoms with Gasteiger partial charge in [0.15, 0.2) is 5.96 Å². The van der Waals surface area contributed by atoms with E-state index < -0.39 is 18.2 Å². The molecule has 0 aliphatic rings. The van der Waals surface area contributed by atoms with Crippen molar-refractivity contribution in [3.63, 3.8) is 0 Å². The number of alkyl halides is 2. The van der Waals surface area contributed by atoms with Gasteiger partial charge in [0.1, 0.15) is 12.2 Å². The molecule has 0 aliphatic carbocycles. The Hall–Kier alpha value is -1.92. The van der Waals surface area contributed by atoms with Crippen molar-refractivity contribution in [2.45, 2.75) is 5.92 Å². The molecule has 0 bridgehead atoms. The van der Waals surface area contributed by atoms with Crippen molar-refractivity contribution in [2.24, 2.45) is 10.7 Å². The number of guanidine groups is 1. The number of nitrogens with two attached hydrogens (primary N) is 1. The topological polar surface area (TPSA) is 63.7 Å². The standard InChI is InChI=1S/C11H16F2N4O/c1-17(2)10(14)15-7-11(12,13)8-5-4-6-9(16-8)18-3/h4-6H,7H2,1-3H3,(H2,14,15). The largest absolute Gasteiger partial charge is 0.481 e. The molecule has 0 fully saturated rings. The first-order valence-corrected chi connectivity index (χ1v) is 5.23. The van der Waals surface area contributed by atoms with E-state index >= 15 is 0 Å². The number of rotatable bonds is 4. The number of pyridine rings is 1. The Bertz CT molecular complexity index is 435. The number of aliphatic imine (C=N–C) groups is 1. The molecule has 0 saturated carbocycles. The van der Waals surface area contributed by atoms with E-state index in [1.54, 1.807) is 14.1 Å². The average Bonchev–Trinajstić information content (AvgIpc) is 2.36. The molecule has 0 aromatic carbocycles. The Morgan fingerprint density at radius 3 is 2.72 bits per heavy atom. The van der Waals surface area contributed by atoms with Crippen LogP contribution in [0.3, 0.4) is 0 Å². The van der Waals surface area contributed by atoms with Gasteiger partial charge in [-0.2, -0.15) is 8.78 Å². The van der Waals surface area contributed by atoms with Crippen LogP contribution in [0.4, 0.5) is 8.78 Å². The average molecular weight is 258 g/mol. The van der Waals surface area contributed by atoms with Crippen LogP contribution < -0.4 is 10.5 Å². The van der Waals surface area contributed by atoms with Crippen molar-refractivity contribution in [3.8, 4) is 5.88 Å². The molecule has 0 amide bonds. The molecule has 1 rings (SSSR count). The highest BCUT2D eigenvalue weighted by Crippen LogP contribution is 2.27. The van der Waals surface area contributed by atoms with Gasteiger partial charge in [-0.1, -0.05) is 6.07 Å². The van der Waals surface area contributed by atoms with E-state index in [0.29, 0.717) is 0 Å². The fourth-order valence-corrected chi connectivity index (χ4v) is 1.13. The zero-order valence-corrected chi connectivity index (χ0v) is 10.5. The number of hydrogen-bond acceptors (Lipinski definition) is 3. The summed E-state index contributed by atoms with van der Waals surface area (Å²) >= 11 is 0. The minimum atomic E-state index is -3.19. The summed E-state index contributed by atoms with van der Waals surface area (Å²) in [5.41, 5.74) is 5.06. The van der Waals surface area contributed by atoms with Gasteiger partial charge >= 0.3 is 5.92 Å². The van der Waals surface area contributed by atoms with Crippen LogP contribution in [-0.2, 0) is 5.92 Å². The van der Waals surface area contributed by atoms with E-state index in [1.807, 2.05) is 0 Å². The fourth-order valence-electron chi connectivity index (χ4n) is 1.13. The van der Waals surface area contributed by atoms with Crippen molar-refractivity contribution in [1.29, 1.82) is 0 Å². The smallest absolute Gasteiger partial charge is 0.309 e. The van der Waals surface area contributed by atoms with Crippen molar-refractivity contribution in [1.82, 2.24) is 9.88 Å². The number of halogens is 2. The summed E-state index contributed by atoms with van der Waals surface area (Å²) in [7, 11) is 4.62. The lowest BCUT2D eigenvalue weighted by Gasteiger charge is -2.16. The van der Waals surface area contributed by atoms with Crippen molar-refractivity contribution in [2.75, 3.05) is 27.7 Å². The summed E-state index contributed by atoms with van der Waals surface area (Å²) in [6, 6.07) is 4.18. The first-order chi connectivity index (χ1) is 8.36. The molecule has 2 N–H and O–H groups in total. The molecule has 18 heavy (non-hydrogen) atoms. The zero-order valence-electron chi connectivity index (χ0n) is 10.5. The minimum absolute atomic E-state index is 0.0394. The second-order valence-electron chi connectivity index (χ2n) is 3.84. The highest BCUT2D eigenvalue weighted by Gasteiger charge is 2.33. The molecular formula is C11H16F2N4O. The molecule has 0 unspecified atom stereocenters. The third-order valence-electron chi connectivity index (χ3n) is 2.21. The van der Waals surface area contributed by atoms with Gasteiger partial charge < -0.3 is 15.4 Å². The number of nitrogens with zero attached hydrogens (tertiary/aromatic N) is 3. The van der Waals surface area contributed by atoms with Crippen LogP contribution in [0.2, 0.25) is 0 Å². The van der Waals surface area contributed by atoms with Gasteiger partial charge in [-0.15, -0.1) is 0 Å². The summed E-state index contributed by atoms with van der Waals surface area (Å²) in [6.07, 6.45) is 0. The SMILES string of the molecule is COc1cccc(C(F)(F)CN=C(N)N(C)C)n1. The maximum Gasteiger partial charge on any atom is 0.309 e. The lowest BCUT2D eigenvalue weighted by molar-refractivity contribution is 0.00127. The van der Waals surface area contributed by atoms with Gasteiger partial charge in [-0.25, -0.2) is 9.98 Å². The lowest BCUT2D eigenvalue weighted by Crippen LogP contribution is -2.32. The molecule has 0 radical (unpaired) electrons. The predicted octanol–water partition coefficient (Wildman–Crippen LogP) is 1.06. The maximum atomic E-state index is 13.8. The quantitative estimate of drug-likeness (QED) is 0.648. The molecule has 100 valence electrons. The van der Waals surface area contributed by atoms with E-state index in [2.05, 4.69) is 9.98 Å². The number of methoxy groups -OCH3 is 1. The summed E-state index contributed by atoms with van der Waals surface area (Å²) in [5.74, 6) is -3.01. The third-order valence-corrected chi connectivity index (χ3v) is 2.21. The lowest BCUT2D eigenvalue weighted by atomic mass is 10.2. The molecule has 0 atom stereocenters. The van der Waals surface area contributed by atoms with Crippen LogP contribution in [0.1, 0.15) is 5.69 Å². The Labute approximate surface area is 104 Å². The van der Waals surface area contributed by atoms with Crippen LogP contribution in [0, 0.1) is 0 Å². The van der Waals surface area contributed by atoms with E-state index in [-0.39, 0.29) is 11.8 Å². The molecule has 5 nitrogen and oxygen atoms in total. The summed E-state index contributed by atoms with van der Waals surface area (Å²) in [4.78, 5) is 8.76. The summed E-state index contributed by atoms with van der Waals surface area (Å²) in [6.45, 7) is -0.753. The summed E-state index contributed by atoms with van der Waals surface area (Å²) in [5, 5.41) is 0. The molecule has 0 saturated heterocycles. The van der Waals surface area contributed by atoms with Crippen molar-refractivity contribution < 1.29 is 13.5 Å². The molecule has 0 aliphatic heterocycles. The van der Waals surface area contributed by atoms with Gasteiger partial charge in [0.05, 0.1) is 7.11 Å². The molecule has 1 aromatic heterocycles. The van der Waals surface area contributed by atoms with Crippen molar-refractivity contribution in [3.05, 3.63) is 23.9 Å². The van der Waals surface area contributed by atoms with Crippen LogP contribution >= 0.6 is 0 Å². The van der Waals surface area contributed by atoms with E-state index in [1.165, 1.54) is 30.2 Å².